The summed E-state index contributed by atoms with van der Waals surface area (Å²) < 4.78 is 38.5. The van der Waals surface area contributed by atoms with Gasteiger partial charge in [-0.3, -0.25) is 0 Å². The molecule has 0 unspecified atom stereocenters. The lowest BCUT2D eigenvalue weighted by molar-refractivity contribution is -0.137. The minimum absolute atomic E-state index is 0.0277. The fourth-order valence-corrected chi connectivity index (χ4v) is 3.56. The topological polar surface area (TPSA) is 83.2 Å². The number of halogens is 4. The predicted molar refractivity (Wildman–Crippen MR) is 115 cm³/mol. The fourth-order valence-electron chi connectivity index (χ4n) is 3.35. The summed E-state index contributed by atoms with van der Waals surface area (Å²) in [4.78, 5) is 16.5. The van der Waals surface area contributed by atoms with Crippen LogP contribution in [-0.2, 0) is 6.18 Å². The van der Waals surface area contributed by atoms with Gasteiger partial charge < -0.3 is 20.9 Å². The summed E-state index contributed by atoms with van der Waals surface area (Å²) in [5.74, 6) is 0.804. The Balaban J connectivity index is 1.49. The third-order valence-electron chi connectivity index (χ3n) is 4.97. The molecule has 31 heavy (non-hydrogen) atoms. The number of nitrogens with zero attached hydrogens (tertiary/aromatic N) is 5. The molecule has 3 aromatic rings. The number of nitrogens with two attached hydrogens (primary N) is 1. The van der Waals surface area contributed by atoms with Crippen molar-refractivity contribution in [1.82, 2.24) is 15.0 Å². The molecule has 0 atom stereocenters. The number of anilines is 5. The first-order valence-corrected chi connectivity index (χ1v) is 9.86. The SMILES string of the molecule is Nc1c(Nc2ncc(C(F)(F)F)cc2Cl)ncnc1N1CCN(c2ccccc2)CC1. The fraction of sp³-hybridized carbons (Fsp3) is 0.250. The van der Waals surface area contributed by atoms with Crippen molar-refractivity contribution in [2.24, 2.45) is 0 Å². The molecule has 0 aliphatic carbocycles. The maximum absolute atomic E-state index is 12.8. The number of hydrogen-bond donors (Lipinski definition) is 2. The van der Waals surface area contributed by atoms with Gasteiger partial charge in [0.15, 0.2) is 11.6 Å². The van der Waals surface area contributed by atoms with E-state index in [0.717, 1.165) is 24.8 Å². The van der Waals surface area contributed by atoms with Crippen LogP contribution in [0, 0.1) is 0 Å². The van der Waals surface area contributed by atoms with Gasteiger partial charge in [0.1, 0.15) is 17.8 Å². The molecule has 3 N–H and O–H groups in total. The van der Waals surface area contributed by atoms with E-state index in [4.69, 9.17) is 17.3 Å². The van der Waals surface area contributed by atoms with E-state index in [0.29, 0.717) is 25.1 Å². The zero-order valence-electron chi connectivity index (χ0n) is 16.3. The van der Waals surface area contributed by atoms with E-state index in [1.165, 1.54) is 6.33 Å². The molecule has 1 aliphatic heterocycles. The molecule has 1 saturated heterocycles. The monoisotopic (exact) mass is 449 g/mol. The van der Waals surface area contributed by atoms with E-state index in [1.807, 2.05) is 23.1 Å². The van der Waals surface area contributed by atoms with Gasteiger partial charge in [-0.05, 0) is 18.2 Å². The number of pyridine rings is 1. The van der Waals surface area contributed by atoms with Crippen molar-refractivity contribution < 1.29 is 13.2 Å². The maximum atomic E-state index is 12.8. The minimum atomic E-state index is -4.53. The van der Waals surface area contributed by atoms with E-state index in [-0.39, 0.29) is 22.3 Å². The number of hydrogen-bond acceptors (Lipinski definition) is 7. The van der Waals surface area contributed by atoms with Gasteiger partial charge in [0.25, 0.3) is 0 Å². The Bertz CT molecular complexity index is 1050. The Morgan fingerprint density at radius 2 is 1.61 bits per heavy atom. The third kappa shape index (κ3) is 4.58. The van der Waals surface area contributed by atoms with Gasteiger partial charge in [0, 0.05) is 38.1 Å². The molecular weight excluding hydrogens is 431 g/mol. The number of aromatic nitrogens is 3. The summed E-state index contributed by atoms with van der Waals surface area (Å²) in [6.45, 7) is 2.99. The molecule has 11 heteroatoms. The van der Waals surface area contributed by atoms with Crippen LogP contribution in [0.1, 0.15) is 5.56 Å². The van der Waals surface area contributed by atoms with E-state index in [2.05, 4.69) is 37.3 Å². The second kappa shape index (κ2) is 8.46. The van der Waals surface area contributed by atoms with Crippen molar-refractivity contribution in [2.75, 3.05) is 47.0 Å². The normalized spacial score (nSPS) is 14.6. The smallest absolute Gasteiger partial charge is 0.393 e. The van der Waals surface area contributed by atoms with Crippen LogP contribution in [0.2, 0.25) is 5.02 Å². The van der Waals surface area contributed by atoms with Gasteiger partial charge in [0.05, 0.1) is 10.6 Å². The minimum Gasteiger partial charge on any atom is -0.393 e. The lowest BCUT2D eigenvalue weighted by atomic mass is 10.2. The summed E-state index contributed by atoms with van der Waals surface area (Å²) in [6, 6.07) is 10.9. The number of benzene rings is 1. The molecule has 1 fully saturated rings. The average molecular weight is 450 g/mol. The summed E-state index contributed by atoms with van der Waals surface area (Å²) in [5, 5.41) is 2.62. The van der Waals surface area contributed by atoms with Crippen LogP contribution < -0.4 is 20.9 Å². The van der Waals surface area contributed by atoms with Crippen LogP contribution in [0.25, 0.3) is 0 Å². The second-order valence-electron chi connectivity index (χ2n) is 6.95. The number of nitrogen functional groups attached to an aromatic ring is 1. The second-order valence-corrected chi connectivity index (χ2v) is 7.35. The molecule has 0 bridgehead atoms. The molecule has 1 aromatic carbocycles. The van der Waals surface area contributed by atoms with Crippen molar-refractivity contribution in [1.29, 1.82) is 0 Å². The summed E-state index contributed by atoms with van der Waals surface area (Å²) >= 11 is 5.98. The van der Waals surface area contributed by atoms with Crippen LogP contribution >= 0.6 is 11.6 Å². The summed E-state index contributed by atoms with van der Waals surface area (Å²) in [6.07, 6.45) is -2.48. The van der Waals surface area contributed by atoms with E-state index in [1.54, 1.807) is 0 Å². The van der Waals surface area contributed by atoms with Crippen LogP contribution in [0.5, 0.6) is 0 Å². The molecule has 0 amide bonds. The third-order valence-corrected chi connectivity index (χ3v) is 5.26. The number of rotatable bonds is 4. The Morgan fingerprint density at radius 1 is 0.935 bits per heavy atom. The lowest BCUT2D eigenvalue weighted by Gasteiger charge is -2.37. The maximum Gasteiger partial charge on any atom is 0.417 e. The highest BCUT2D eigenvalue weighted by atomic mass is 35.5. The van der Waals surface area contributed by atoms with Gasteiger partial charge in [-0.15, -0.1) is 0 Å². The van der Waals surface area contributed by atoms with Crippen molar-refractivity contribution in [3.8, 4) is 0 Å². The molecule has 3 heterocycles. The molecule has 0 spiro atoms. The Labute approximate surface area is 181 Å². The molecule has 4 rings (SSSR count). The number of para-hydroxylation sites is 1. The van der Waals surface area contributed by atoms with E-state index >= 15 is 0 Å². The highest BCUT2D eigenvalue weighted by Gasteiger charge is 2.31. The standard InChI is InChI=1S/C20H19ClF3N7/c21-15-10-13(20(22,23)24)11-26-17(15)29-18-16(25)19(28-12-27-18)31-8-6-30(7-9-31)14-4-2-1-3-5-14/h1-5,10-12H,6-9,25H2,(H,26,27,28,29). The zero-order chi connectivity index (χ0) is 22.0. The predicted octanol–water partition coefficient (Wildman–Crippen LogP) is 4.20. The van der Waals surface area contributed by atoms with Crippen LogP contribution in [-0.4, -0.2) is 41.1 Å². The van der Waals surface area contributed by atoms with Gasteiger partial charge in [0.2, 0.25) is 0 Å². The number of nitrogens with one attached hydrogen (secondary N) is 1. The largest absolute Gasteiger partial charge is 0.417 e. The Morgan fingerprint density at radius 3 is 2.26 bits per heavy atom. The average Bonchev–Trinajstić information content (AvgIpc) is 2.76. The number of piperazine rings is 1. The van der Waals surface area contributed by atoms with Crippen molar-refractivity contribution in [3.63, 3.8) is 0 Å². The summed E-state index contributed by atoms with van der Waals surface area (Å²) in [5.41, 5.74) is 6.76. The van der Waals surface area contributed by atoms with Gasteiger partial charge in [-0.2, -0.15) is 13.2 Å². The Kier molecular flexibility index (Phi) is 5.73. The molecule has 2 aromatic heterocycles. The first-order valence-electron chi connectivity index (χ1n) is 9.48. The molecular formula is C20H19ClF3N7. The summed E-state index contributed by atoms with van der Waals surface area (Å²) in [7, 11) is 0. The van der Waals surface area contributed by atoms with E-state index in [9.17, 15) is 13.2 Å². The van der Waals surface area contributed by atoms with E-state index < -0.39 is 11.7 Å². The lowest BCUT2D eigenvalue weighted by Crippen LogP contribution is -2.47. The van der Waals surface area contributed by atoms with Gasteiger partial charge in [-0.1, -0.05) is 29.8 Å². The van der Waals surface area contributed by atoms with Gasteiger partial charge >= 0.3 is 6.18 Å². The molecule has 162 valence electrons. The van der Waals surface area contributed by atoms with Crippen LogP contribution in [0.3, 0.4) is 0 Å². The molecule has 0 radical (unpaired) electrons. The van der Waals surface area contributed by atoms with Gasteiger partial charge in [-0.25, -0.2) is 15.0 Å². The highest BCUT2D eigenvalue weighted by Crippen LogP contribution is 2.35. The Hall–Kier alpha value is -3.27. The molecule has 7 nitrogen and oxygen atoms in total. The first kappa shape index (κ1) is 21.0. The first-order chi connectivity index (χ1) is 14.8. The van der Waals surface area contributed by atoms with Crippen molar-refractivity contribution in [2.45, 2.75) is 6.18 Å². The zero-order valence-corrected chi connectivity index (χ0v) is 17.0. The molecule has 0 saturated carbocycles. The van der Waals surface area contributed by atoms with Crippen molar-refractivity contribution >= 4 is 40.4 Å². The van der Waals surface area contributed by atoms with Crippen LogP contribution in [0.4, 0.5) is 42.0 Å². The highest BCUT2D eigenvalue weighted by molar-refractivity contribution is 6.33. The molecule has 1 aliphatic rings. The van der Waals surface area contributed by atoms with Crippen molar-refractivity contribution in [3.05, 3.63) is 59.5 Å². The number of alkyl halides is 3. The van der Waals surface area contributed by atoms with Crippen LogP contribution in [0.15, 0.2) is 48.9 Å². The quantitative estimate of drug-likeness (QED) is 0.617.